The van der Waals surface area contributed by atoms with Crippen LogP contribution in [-0.4, -0.2) is 28.0 Å². The monoisotopic (exact) mass is 234 g/mol. The van der Waals surface area contributed by atoms with Gasteiger partial charge in [0.1, 0.15) is 17.2 Å². The summed E-state index contributed by atoms with van der Waals surface area (Å²) < 4.78 is 14.2. The number of H-pyrrole nitrogens is 1. The van der Waals surface area contributed by atoms with Crippen LogP contribution >= 0.6 is 0 Å². The van der Waals surface area contributed by atoms with E-state index in [1.165, 1.54) is 6.42 Å². The van der Waals surface area contributed by atoms with Crippen LogP contribution in [0.2, 0.25) is 0 Å². The number of hydrogen-bond acceptors (Lipinski definition) is 3. The van der Waals surface area contributed by atoms with Crippen molar-refractivity contribution in [3.63, 3.8) is 0 Å². The fraction of sp³-hybridized carbons (Fsp3) is 0.500. The van der Waals surface area contributed by atoms with E-state index in [1.54, 1.807) is 6.20 Å². The molecule has 0 atom stereocenters. The van der Waals surface area contributed by atoms with Gasteiger partial charge in [0.15, 0.2) is 11.6 Å². The van der Waals surface area contributed by atoms with Crippen molar-refractivity contribution in [1.82, 2.24) is 15.0 Å². The number of nitrogens with one attached hydrogen (secondary N) is 1. The van der Waals surface area contributed by atoms with Crippen LogP contribution in [-0.2, 0) is 0 Å². The predicted molar refractivity (Wildman–Crippen MR) is 63.8 cm³/mol. The Balaban J connectivity index is 2.05. The van der Waals surface area contributed by atoms with E-state index in [4.69, 9.17) is 0 Å². The van der Waals surface area contributed by atoms with Gasteiger partial charge in [-0.05, 0) is 26.2 Å². The zero-order valence-electron chi connectivity index (χ0n) is 9.83. The fourth-order valence-corrected chi connectivity index (χ4v) is 2.34. The number of nitrogens with zero attached hydrogens (tertiary/aromatic N) is 3. The molecule has 0 spiro atoms. The van der Waals surface area contributed by atoms with Crippen LogP contribution in [0, 0.1) is 12.7 Å². The molecular formula is C12H15FN4. The van der Waals surface area contributed by atoms with Gasteiger partial charge in [-0.15, -0.1) is 0 Å². The van der Waals surface area contributed by atoms with E-state index in [0.717, 1.165) is 25.9 Å². The van der Waals surface area contributed by atoms with Gasteiger partial charge in [-0.3, -0.25) is 0 Å². The fourth-order valence-electron chi connectivity index (χ4n) is 2.34. The lowest BCUT2D eigenvalue weighted by molar-refractivity contribution is 0.554. The second-order valence-corrected chi connectivity index (χ2v) is 4.53. The molecule has 17 heavy (non-hydrogen) atoms. The normalized spacial score (nSPS) is 16.7. The van der Waals surface area contributed by atoms with Gasteiger partial charge in [-0.1, -0.05) is 0 Å². The summed E-state index contributed by atoms with van der Waals surface area (Å²) in [7, 11) is 0. The summed E-state index contributed by atoms with van der Waals surface area (Å²) in [6.45, 7) is 3.60. The second kappa shape index (κ2) is 3.98. The van der Waals surface area contributed by atoms with Gasteiger partial charge in [0.05, 0.1) is 6.20 Å². The summed E-state index contributed by atoms with van der Waals surface area (Å²) in [5.74, 6) is 0.935. The molecule has 0 unspecified atom stereocenters. The van der Waals surface area contributed by atoms with Gasteiger partial charge in [-0.25, -0.2) is 14.4 Å². The molecule has 5 heteroatoms. The molecule has 0 bridgehead atoms. The third-order valence-corrected chi connectivity index (χ3v) is 3.24. The van der Waals surface area contributed by atoms with E-state index in [0.29, 0.717) is 23.0 Å². The highest BCUT2D eigenvalue weighted by Crippen LogP contribution is 2.31. The molecular weight excluding hydrogens is 219 g/mol. The highest BCUT2D eigenvalue weighted by atomic mass is 19.1. The Morgan fingerprint density at radius 1 is 1.29 bits per heavy atom. The maximum absolute atomic E-state index is 14.2. The lowest BCUT2D eigenvalue weighted by Gasteiger charge is -2.26. The molecule has 0 radical (unpaired) electrons. The van der Waals surface area contributed by atoms with Crippen molar-refractivity contribution in [2.45, 2.75) is 26.2 Å². The van der Waals surface area contributed by atoms with Gasteiger partial charge in [-0.2, -0.15) is 0 Å². The molecule has 1 N–H and O–H groups in total. The predicted octanol–water partition coefficient (Wildman–Crippen LogP) is 2.35. The number of anilines is 1. The Morgan fingerprint density at radius 3 is 2.82 bits per heavy atom. The number of hydrogen-bond donors (Lipinski definition) is 1. The van der Waals surface area contributed by atoms with Gasteiger partial charge in [0.2, 0.25) is 0 Å². The minimum absolute atomic E-state index is 0.243. The topological polar surface area (TPSA) is 44.8 Å². The molecule has 3 heterocycles. The van der Waals surface area contributed by atoms with Crippen molar-refractivity contribution < 1.29 is 4.39 Å². The molecule has 4 nitrogen and oxygen atoms in total. The van der Waals surface area contributed by atoms with E-state index >= 15 is 0 Å². The van der Waals surface area contributed by atoms with Crippen LogP contribution in [0.15, 0.2) is 6.20 Å². The average Bonchev–Trinajstić information content (AvgIpc) is 2.68. The summed E-state index contributed by atoms with van der Waals surface area (Å²) in [6, 6.07) is 0. The minimum atomic E-state index is -0.243. The number of rotatable bonds is 1. The first-order valence-corrected chi connectivity index (χ1v) is 6.01. The molecule has 3 rings (SSSR count). The van der Waals surface area contributed by atoms with Crippen LogP contribution < -0.4 is 4.90 Å². The maximum Gasteiger partial charge on any atom is 0.191 e. The molecule has 0 aromatic carbocycles. The average molecular weight is 234 g/mol. The number of aromatic nitrogens is 3. The summed E-state index contributed by atoms with van der Waals surface area (Å²) in [5.41, 5.74) is 1.08. The van der Waals surface area contributed by atoms with Crippen molar-refractivity contribution in [2.75, 3.05) is 18.0 Å². The van der Waals surface area contributed by atoms with Crippen LogP contribution in [0.1, 0.15) is 25.1 Å². The van der Waals surface area contributed by atoms with Crippen LogP contribution in [0.4, 0.5) is 10.2 Å². The molecule has 0 aliphatic carbocycles. The highest BCUT2D eigenvalue weighted by Gasteiger charge is 2.24. The third-order valence-electron chi connectivity index (χ3n) is 3.24. The summed E-state index contributed by atoms with van der Waals surface area (Å²) >= 11 is 0. The Morgan fingerprint density at radius 2 is 2.06 bits per heavy atom. The SMILES string of the molecule is Cc1ncc2nc(N3CCCCC3)c(F)c-2[nH]1. The molecule has 3 aliphatic heterocycles. The van der Waals surface area contributed by atoms with Crippen LogP contribution in [0.5, 0.6) is 0 Å². The van der Waals surface area contributed by atoms with Gasteiger partial charge in [0.25, 0.3) is 0 Å². The minimum Gasteiger partial charge on any atom is -0.354 e. The lowest BCUT2D eigenvalue weighted by Crippen LogP contribution is -2.30. The first-order chi connectivity index (χ1) is 8.25. The van der Waals surface area contributed by atoms with E-state index < -0.39 is 0 Å². The van der Waals surface area contributed by atoms with Gasteiger partial charge >= 0.3 is 0 Å². The standard InChI is InChI=1S/C12H15FN4/c1-8-14-7-9-11(15-8)10(13)12(16-9)17-5-3-2-4-6-17/h7H,2-6H2,1H3,(H,14,15). The number of aromatic amines is 1. The van der Waals surface area contributed by atoms with Crippen molar-refractivity contribution in [3.05, 3.63) is 17.8 Å². The largest absolute Gasteiger partial charge is 0.354 e. The van der Waals surface area contributed by atoms with Crippen molar-refractivity contribution in [2.24, 2.45) is 0 Å². The Hall–Kier alpha value is -1.65. The van der Waals surface area contributed by atoms with Gasteiger partial charge in [0, 0.05) is 13.1 Å². The number of fused-ring (bicyclic) bond motifs is 1. The van der Waals surface area contributed by atoms with E-state index in [-0.39, 0.29) is 5.82 Å². The Kier molecular flexibility index (Phi) is 2.46. The molecule has 0 saturated carbocycles. The molecule has 3 aliphatic rings. The Bertz CT molecular complexity index is 502. The molecule has 1 saturated heterocycles. The first kappa shape index (κ1) is 10.5. The highest BCUT2D eigenvalue weighted by molar-refractivity contribution is 5.66. The number of aryl methyl sites for hydroxylation is 1. The van der Waals surface area contributed by atoms with Crippen LogP contribution in [0.3, 0.4) is 0 Å². The molecule has 0 aromatic heterocycles. The maximum atomic E-state index is 14.2. The van der Waals surface area contributed by atoms with E-state index in [1.807, 2.05) is 11.8 Å². The van der Waals surface area contributed by atoms with Gasteiger partial charge < -0.3 is 9.88 Å². The molecule has 0 amide bonds. The molecule has 1 fully saturated rings. The summed E-state index contributed by atoms with van der Waals surface area (Å²) in [5, 5.41) is 0. The molecule has 90 valence electrons. The zero-order chi connectivity index (χ0) is 11.8. The first-order valence-electron chi connectivity index (χ1n) is 6.01. The third kappa shape index (κ3) is 1.75. The van der Waals surface area contributed by atoms with E-state index in [2.05, 4.69) is 15.0 Å². The second-order valence-electron chi connectivity index (χ2n) is 4.53. The summed E-state index contributed by atoms with van der Waals surface area (Å²) in [4.78, 5) is 13.4. The number of piperidine rings is 1. The lowest BCUT2D eigenvalue weighted by atomic mass is 10.1. The molecule has 0 aromatic rings. The quantitative estimate of drug-likeness (QED) is 0.823. The van der Waals surface area contributed by atoms with Crippen molar-refractivity contribution >= 4 is 5.82 Å². The Labute approximate surface area is 99.2 Å². The van der Waals surface area contributed by atoms with Crippen molar-refractivity contribution in [1.29, 1.82) is 0 Å². The smallest absolute Gasteiger partial charge is 0.191 e. The number of halogens is 1. The van der Waals surface area contributed by atoms with Crippen molar-refractivity contribution in [3.8, 4) is 11.4 Å². The summed E-state index contributed by atoms with van der Waals surface area (Å²) in [6.07, 6.45) is 5.08. The van der Waals surface area contributed by atoms with Crippen LogP contribution in [0.25, 0.3) is 11.4 Å². The van der Waals surface area contributed by atoms with E-state index in [9.17, 15) is 4.39 Å². The zero-order valence-corrected chi connectivity index (χ0v) is 9.83.